The average Bonchev–Trinajstić information content (AvgIpc) is 3.39. The first-order valence-corrected chi connectivity index (χ1v) is 13.4. The van der Waals surface area contributed by atoms with Gasteiger partial charge >= 0.3 is 5.56 Å². The third-order valence-electron chi connectivity index (χ3n) is 8.06. The Labute approximate surface area is 222 Å². The molecule has 2 aromatic carbocycles. The van der Waals surface area contributed by atoms with E-state index < -0.39 is 17.2 Å². The molecule has 0 spiro atoms. The van der Waals surface area contributed by atoms with Crippen molar-refractivity contribution in [3.05, 3.63) is 87.6 Å². The van der Waals surface area contributed by atoms with E-state index in [1.54, 1.807) is 16.7 Å². The minimum absolute atomic E-state index is 0.0823. The fourth-order valence-electron chi connectivity index (χ4n) is 5.98. The van der Waals surface area contributed by atoms with Crippen molar-refractivity contribution < 1.29 is 14.7 Å². The van der Waals surface area contributed by atoms with E-state index in [4.69, 9.17) is 0 Å². The van der Waals surface area contributed by atoms with Crippen LogP contribution in [0.5, 0.6) is 5.75 Å². The minimum atomic E-state index is -0.807. The van der Waals surface area contributed by atoms with Gasteiger partial charge in [-0.15, -0.1) is 0 Å². The zero-order valence-electron chi connectivity index (χ0n) is 21.9. The van der Waals surface area contributed by atoms with Crippen LogP contribution in [-0.4, -0.2) is 44.0 Å². The van der Waals surface area contributed by atoms with Crippen molar-refractivity contribution in [2.24, 2.45) is 0 Å². The molecule has 2 heterocycles. The number of para-hydroxylation sites is 1. The van der Waals surface area contributed by atoms with Gasteiger partial charge in [0.25, 0.3) is 5.91 Å². The van der Waals surface area contributed by atoms with Crippen LogP contribution in [0, 0.1) is 0 Å². The third-order valence-corrected chi connectivity index (χ3v) is 8.06. The fourth-order valence-corrected chi connectivity index (χ4v) is 5.98. The Kier molecular flexibility index (Phi) is 7.06. The third kappa shape index (κ3) is 4.83. The summed E-state index contributed by atoms with van der Waals surface area (Å²) in [7, 11) is 0. The second kappa shape index (κ2) is 10.4. The summed E-state index contributed by atoms with van der Waals surface area (Å²) in [6, 6.07) is 17.3. The van der Waals surface area contributed by atoms with Crippen molar-refractivity contribution in [1.82, 2.24) is 14.5 Å². The van der Waals surface area contributed by atoms with E-state index >= 15 is 0 Å². The van der Waals surface area contributed by atoms with E-state index in [9.17, 15) is 19.5 Å². The maximum absolute atomic E-state index is 13.6. The highest BCUT2D eigenvalue weighted by molar-refractivity contribution is 6.00. The molecular weight excluding hydrogens is 480 g/mol. The number of fused-ring (bicyclic) bond motifs is 1. The van der Waals surface area contributed by atoms with Gasteiger partial charge in [-0.2, -0.15) is 4.98 Å². The lowest BCUT2D eigenvalue weighted by Gasteiger charge is -2.37. The quantitative estimate of drug-likeness (QED) is 0.495. The fraction of sp³-hybridized carbons (Fsp3) is 0.400. The lowest BCUT2D eigenvalue weighted by Crippen LogP contribution is -2.51. The Morgan fingerprint density at radius 1 is 1.11 bits per heavy atom. The molecule has 1 fully saturated rings. The number of nitrogens with one attached hydrogen (secondary N) is 1. The zero-order chi connectivity index (χ0) is 26.9. The molecule has 1 aliphatic carbocycles. The largest absolute Gasteiger partial charge is 0.501 e. The van der Waals surface area contributed by atoms with Gasteiger partial charge in [-0.05, 0) is 49.4 Å². The first-order valence-electron chi connectivity index (χ1n) is 13.4. The summed E-state index contributed by atoms with van der Waals surface area (Å²) < 4.78 is 1.71. The number of hydrogen-bond donors (Lipinski definition) is 2. The number of benzene rings is 2. The monoisotopic (exact) mass is 514 g/mol. The van der Waals surface area contributed by atoms with E-state index in [0.29, 0.717) is 24.5 Å². The number of carbonyl (C=O) groups excluding carboxylic acids is 2. The van der Waals surface area contributed by atoms with Crippen LogP contribution in [0.3, 0.4) is 0 Å². The van der Waals surface area contributed by atoms with Crippen LogP contribution in [0.1, 0.15) is 67.0 Å². The number of aromatic nitrogens is 2. The highest BCUT2D eigenvalue weighted by atomic mass is 16.3. The Morgan fingerprint density at radius 2 is 1.84 bits per heavy atom. The predicted octanol–water partition coefficient (Wildman–Crippen LogP) is 4.05. The number of rotatable bonds is 7. The van der Waals surface area contributed by atoms with Gasteiger partial charge in [-0.1, -0.05) is 62.2 Å². The molecule has 8 heteroatoms. The molecule has 1 aliphatic heterocycles. The van der Waals surface area contributed by atoms with Gasteiger partial charge in [-0.3, -0.25) is 14.4 Å². The molecule has 8 nitrogen and oxygen atoms in total. The number of anilines is 1. The highest BCUT2D eigenvalue weighted by Gasteiger charge is 2.40. The number of aryl methyl sites for hydroxylation is 1. The Morgan fingerprint density at radius 3 is 2.55 bits per heavy atom. The molecule has 3 aromatic rings. The molecule has 1 saturated carbocycles. The van der Waals surface area contributed by atoms with Crippen molar-refractivity contribution in [3.63, 3.8) is 0 Å². The van der Waals surface area contributed by atoms with Gasteiger partial charge in [0.05, 0.1) is 0 Å². The van der Waals surface area contributed by atoms with Crippen LogP contribution in [0.2, 0.25) is 0 Å². The van der Waals surface area contributed by atoms with Crippen molar-refractivity contribution in [3.8, 4) is 5.75 Å². The normalized spacial score (nSPS) is 18.3. The zero-order valence-corrected chi connectivity index (χ0v) is 21.9. The lowest BCUT2D eigenvalue weighted by atomic mass is 9.75. The first kappa shape index (κ1) is 25.7. The topological polar surface area (TPSA) is 105 Å². The summed E-state index contributed by atoms with van der Waals surface area (Å²) in [6.45, 7) is 4.15. The minimum Gasteiger partial charge on any atom is -0.501 e. The average molecular weight is 515 g/mol. The van der Waals surface area contributed by atoms with Crippen molar-refractivity contribution in [2.45, 2.75) is 70.4 Å². The molecule has 198 valence electrons. The maximum atomic E-state index is 13.6. The second-order valence-electron chi connectivity index (χ2n) is 10.6. The smallest absolute Gasteiger partial charge is 0.315 e. The highest BCUT2D eigenvalue weighted by Crippen LogP contribution is 2.44. The van der Waals surface area contributed by atoms with E-state index in [-0.39, 0.29) is 29.6 Å². The first-order chi connectivity index (χ1) is 18.3. The predicted molar refractivity (Wildman–Crippen MR) is 145 cm³/mol. The van der Waals surface area contributed by atoms with Crippen LogP contribution in [0.4, 0.5) is 5.69 Å². The molecule has 0 saturated heterocycles. The lowest BCUT2D eigenvalue weighted by molar-refractivity contribution is -0.117. The molecule has 1 aromatic heterocycles. The summed E-state index contributed by atoms with van der Waals surface area (Å²) >= 11 is 0. The number of aromatic hydroxyl groups is 1. The van der Waals surface area contributed by atoms with Crippen LogP contribution < -0.4 is 10.9 Å². The van der Waals surface area contributed by atoms with Crippen LogP contribution in [0.15, 0.2) is 59.4 Å². The summed E-state index contributed by atoms with van der Waals surface area (Å²) in [5.74, 6) is -1.03. The number of amides is 2. The van der Waals surface area contributed by atoms with Gasteiger partial charge in [0.2, 0.25) is 11.7 Å². The van der Waals surface area contributed by atoms with Crippen molar-refractivity contribution in [1.29, 1.82) is 0 Å². The van der Waals surface area contributed by atoms with Gasteiger partial charge in [0, 0.05) is 30.1 Å². The summed E-state index contributed by atoms with van der Waals surface area (Å²) in [5, 5.41) is 13.5. The molecule has 38 heavy (non-hydrogen) atoms. The van der Waals surface area contributed by atoms with Crippen LogP contribution in [-0.2, 0) is 29.6 Å². The molecule has 2 aliphatic rings. The number of hydrogen-bond acceptors (Lipinski definition) is 5. The molecule has 0 bridgehead atoms. The Balaban J connectivity index is 1.47. The molecule has 0 radical (unpaired) electrons. The maximum Gasteiger partial charge on any atom is 0.315 e. The molecule has 5 rings (SSSR count). The van der Waals surface area contributed by atoms with Crippen molar-refractivity contribution in [2.75, 3.05) is 11.9 Å². The SMILES string of the molecule is CCc1cccc(C2(Cc3nc(=O)c(O)c4n3CC(C)N(CC(=O)Nc3ccccc3)C4=O)CCCC2)c1. The van der Waals surface area contributed by atoms with Crippen LogP contribution in [0.25, 0.3) is 0 Å². The summed E-state index contributed by atoms with van der Waals surface area (Å²) in [6.07, 6.45) is 5.58. The molecule has 1 atom stereocenters. The number of carbonyl (C=O) groups is 2. The van der Waals surface area contributed by atoms with E-state index in [1.807, 2.05) is 25.1 Å². The summed E-state index contributed by atoms with van der Waals surface area (Å²) in [5.41, 5.74) is 2.07. The van der Waals surface area contributed by atoms with E-state index in [0.717, 1.165) is 32.1 Å². The summed E-state index contributed by atoms with van der Waals surface area (Å²) in [4.78, 5) is 44.8. The van der Waals surface area contributed by atoms with E-state index in [2.05, 4.69) is 41.5 Å². The van der Waals surface area contributed by atoms with E-state index in [1.165, 1.54) is 16.0 Å². The van der Waals surface area contributed by atoms with Gasteiger partial charge in [0.1, 0.15) is 12.4 Å². The van der Waals surface area contributed by atoms with Gasteiger partial charge < -0.3 is 19.9 Å². The molecular formula is C30H34N4O4. The molecule has 2 N–H and O–H groups in total. The van der Waals surface area contributed by atoms with Crippen molar-refractivity contribution >= 4 is 17.5 Å². The number of nitrogens with zero attached hydrogens (tertiary/aromatic N) is 3. The molecule has 1 unspecified atom stereocenters. The Hall–Kier alpha value is -3.94. The standard InChI is InChI=1S/C30H34N4O4/c1-3-21-10-9-11-22(16-21)30(14-7-8-15-30)17-24-32-28(37)27(36)26-29(38)33(20(2)18-34(24)26)19-25(35)31-23-12-5-4-6-13-23/h4-6,9-13,16,20,36H,3,7-8,14-15,17-19H2,1-2H3,(H,31,35). The van der Waals surface area contributed by atoms with Gasteiger partial charge in [0.15, 0.2) is 5.69 Å². The van der Waals surface area contributed by atoms with Gasteiger partial charge in [-0.25, -0.2) is 0 Å². The Bertz CT molecular complexity index is 1410. The second-order valence-corrected chi connectivity index (χ2v) is 10.6. The molecule has 2 amide bonds. The van der Waals surface area contributed by atoms with Crippen LogP contribution >= 0.6 is 0 Å².